The Balaban J connectivity index is 1.38. The number of para-hydroxylation sites is 1. The number of rotatable bonds is 4. The van der Waals surface area contributed by atoms with E-state index in [0.29, 0.717) is 33.8 Å². The molecule has 2 aromatic heterocycles. The van der Waals surface area contributed by atoms with E-state index in [2.05, 4.69) is 22.1 Å². The lowest BCUT2D eigenvalue weighted by Crippen LogP contribution is -2.34. The Labute approximate surface area is 250 Å². The van der Waals surface area contributed by atoms with Crippen LogP contribution in [0.5, 0.6) is 0 Å². The van der Waals surface area contributed by atoms with Crippen molar-refractivity contribution in [3.8, 4) is 10.4 Å². The molecule has 222 valence electrons. The predicted octanol–water partition coefficient (Wildman–Crippen LogP) is 7.72. The third-order valence-electron chi connectivity index (χ3n) is 8.00. The van der Waals surface area contributed by atoms with Crippen LogP contribution >= 0.6 is 11.3 Å². The maximum absolute atomic E-state index is 14.4. The summed E-state index contributed by atoms with van der Waals surface area (Å²) in [6.45, 7) is 4.67. The van der Waals surface area contributed by atoms with Crippen LogP contribution in [-0.4, -0.2) is 35.9 Å². The summed E-state index contributed by atoms with van der Waals surface area (Å²) in [5.74, 6) is -0.931. The molecule has 1 saturated heterocycles. The van der Waals surface area contributed by atoms with Crippen LogP contribution in [-0.2, 0) is 12.6 Å². The number of nitrogens with zero attached hydrogens (tertiary/aromatic N) is 3. The van der Waals surface area contributed by atoms with E-state index in [9.17, 15) is 27.2 Å². The molecule has 43 heavy (non-hydrogen) atoms. The Hall–Kier alpha value is -4.25. The van der Waals surface area contributed by atoms with E-state index >= 15 is 0 Å². The molecule has 2 aliphatic heterocycles. The Morgan fingerprint density at radius 1 is 1.05 bits per heavy atom. The van der Waals surface area contributed by atoms with Crippen LogP contribution in [0.3, 0.4) is 0 Å². The van der Waals surface area contributed by atoms with Crippen molar-refractivity contribution in [3.05, 3.63) is 93.7 Å². The number of nitrogens with one attached hydrogen (secondary N) is 1. The van der Waals surface area contributed by atoms with Crippen LogP contribution in [0.1, 0.15) is 56.6 Å². The first-order chi connectivity index (χ1) is 20.5. The summed E-state index contributed by atoms with van der Waals surface area (Å²) in [5.41, 5.74) is 1.10. The summed E-state index contributed by atoms with van der Waals surface area (Å²) in [7, 11) is 0. The lowest BCUT2D eigenvalue weighted by Gasteiger charge is -2.26. The monoisotopic (exact) mass is 608 g/mol. The number of halogens is 4. The van der Waals surface area contributed by atoms with Crippen molar-refractivity contribution < 1.29 is 27.2 Å². The third-order valence-corrected chi connectivity index (χ3v) is 9.21. The second-order valence-electron chi connectivity index (χ2n) is 10.9. The van der Waals surface area contributed by atoms with Gasteiger partial charge in [0, 0.05) is 29.6 Å². The Morgan fingerprint density at radius 2 is 1.84 bits per heavy atom. The summed E-state index contributed by atoms with van der Waals surface area (Å²) in [6, 6.07) is 14.9. The number of aryl methyl sites for hydroxylation is 1. The number of thiophene rings is 1. The molecule has 1 fully saturated rings. The number of carbonyl (C=O) groups is 2. The quantitative estimate of drug-likeness (QED) is 0.241. The lowest BCUT2D eigenvalue weighted by atomic mass is 10.0. The van der Waals surface area contributed by atoms with E-state index in [4.69, 9.17) is 0 Å². The van der Waals surface area contributed by atoms with Gasteiger partial charge in [-0.2, -0.15) is 13.2 Å². The molecule has 2 aromatic carbocycles. The normalized spacial score (nSPS) is 16.5. The highest BCUT2D eigenvalue weighted by atomic mass is 32.1. The Morgan fingerprint density at radius 3 is 2.56 bits per heavy atom. The molecule has 6 rings (SSSR count). The minimum absolute atomic E-state index is 0.0705. The highest BCUT2D eigenvalue weighted by Crippen LogP contribution is 2.44. The first kappa shape index (κ1) is 28.9. The molecule has 0 radical (unpaired) electrons. The largest absolute Gasteiger partial charge is 0.416 e. The molecular formula is C32H28F4N4O2S. The van der Waals surface area contributed by atoms with Gasteiger partial charge in [-0.1, -0.05) is 24.3 Å². The average Bonchev–Trinajstić information content (AvgIpc) is 3.57. The molecule has 0 bridgehead atoms. The molecule has 2 aliphatic rings. The zero-order valence-electron chi connectivity index (χ0n) is 23.5. The summed E-state index contributed by atoms with van der Waals surface area (Å²) < 4.78 is 55.9. The van der Waals surface area contributed by atoms with Gasteiger partial charge < -0.3 is 15.1 Å². The smallest absolute Gasteiger partial charge is 0.354 e. The number of pyridine rings is 1. The number of benzene rings is 2. The molecule has 11 heteroatoms. The standard InChI is InChI=1S/C32H28F4N4O2S/c1-18-6-3-8-23(33)28(18)38-30(41)26-16-20-13-15-40(25-17-21(32(34,35)36)11-12-22(25)29(20)43-26)31(42)24-9-4-10-27(37-24)39-14-5-7-19(39)2/h3-4,6,8-12,16-17,19H,5,7,13-15H2,1-2H3,(H,38,41)/t19-/m0/s1. The molecule has 2 amide bonds. The molecule has 0 saturated carbocycles. The number of fused-ring (bicyclic) bond motifs is 3. The molecule has 0 unspecified atom stereocenters. The second kappa shape index (κ2) is 11.1. The van der Waals surface area contributed by atoms with E-state index in [0.717, 1.165) is 42.9 Å². The Kier molecular flexibility index (Phi) is 7.45. The number of hydrogen-bond acceptors (Lipinski definition) is 5. The molecule has 6 nitrogen and oxygen atoms in total. The van der Waals surface area contributed by atoms with Gasteiger partial charge in [0.1, 0.15) is 17.3 Å². The van der Waals surface area contributed by atoms with Gasteiger partial charge in [-0.25, -0.2) is 9.37 Å². The van der Waals surface area contributed by atoms with Crippen LogP contribution in [0.25, 0.3) is 10.4 Å². The molecule has 4 aromatic rings. The van der Waals surface area contributed by atoms with Crippen LogP contribution in [0.15, 0.2) is 60.7 Å². The number of anilines is 3. The van der Waals surface area contributed by atoms with Gasteiger partial charge in [-0.05, 0) is 80.6 Å². The van der Waals surface area contributed by atoms with E-state index < -0.39 is 29.4 Å². The molecule has 4 heterocycles. The SMILES string of the molecule is Cc1cccc(F)c1NC(=O)c1cc2c(s1)-c1ccc(C(F)(F)F)cc1N(C(=O)c1cccc(N3CCC[C@@H]3C)n1)CC2. The number of aromatic nitrogens is 1. The van der Waals surface area contributed by atoms with Crippen LogP contribution in [0.2, 0.25) is 0 Å². The van der Waals surface area contributed by atoms with E-state index in [1.807, 2.05) is 6.07 Å². The minimum atomic E-state index is -4.62. The highest BCUT2D eigenvalue weighted by Gasteiger charge is 2.35. The number of hydrogen-bond donors (Lipinski definition) is 1. The summed E-state index contributed by atoms with van der Waals surface area (Å²) in [4.78, 5) is 36.0. The maximum Gasteiger partial charge on any atom is 0.416 e. The molecule has 1 atom stereocenters. The minimum Gasteiger partial charge on any atom is -0.354 e. The Bertz CT molecular complexity index is 1710. The van der Waals surface area contributed by atoms with Crippen LogP contribution < -0.4 is 15.1 Å². The average molecular weight is 609 g/mol. The van der Waals surface area contributed by atoms with Gasteiger partial charge in [0.25, 0.3) is 11.8 Å². The first-order valence-electron chi connectivity index (χ1n) is 14.0. The zero-order chi connectivity index (χ0) is 30.5. The zero-order valence-corrected chi connectivity index (χ0v) is 24.3. The van der Waals surface area contributed by atoms with Gasteiger partial charge in [-0.3, -0.25) is 9.59 Å². The second-order valence-corrected chi connectivity index (χ2v) is 11.9. The van der Waals surface area contributed by atoms with Crippen LogP contribution in [0.4, 0.5) is 34.8 Å². The lowest BCUT2D eigenvalue weighted by molar-refractivity contribution is -0.137. The summed E-state index contributed by atoms with van der Waals surface area (Å²) in [6.07, 6.45) is -2.30. The van der Waals surface area contributed by atoms with E-state index in [1.54, 1.807) is 37.3 Å². The third kappa shape index (κ3) is 5.49. The van der Waals surface area contributed by atoms with E-state index in [-0.39, 0.29) is 34.5 Å². The highest BCUT2D eigenvalue weighted by molar-refractivity contribution is 7.17. The summed E-state index contributed by atoms with van der Waals surface area (Å²) in [5, 5.41) is 2.62. The van der Waals surface area contributed by atoms with Crippen molar-refractivity contribution in [2.45, 2.75) is 45.3 Å². The van der Waals surface area contributed by atoms with Gasteiger partial charge in [0.2, 0.25) is 0 Å². The van der Waals surface area contributed by atoms with Gasteiger partial charge in [0.05, 0.1) is 21.8 Å². The van der Waals surface area contributed by atoms with Crippen molar-refractivity contribution in [1.82, 2.24) is 4.98 Å². The number of amides is 2. The van der Waals surface area contributed by atoms with Crippen molar-refractivity contribution in [2.24, 2.45) is 0 Å². The first-order valence-corrected chi connectivity index (χ1v) is 14.8. The maximum atomic E-state index is 14.4. The van der Waals surface area contributed by atoms with Crippen molar-refractivity contribution in [3.63, 3.8) is 0 Å². The van der Waals surface area contributed by atoms with Crippen LogP contribution in [0, 0.1) is 12.7 Å². The molecule has 1 N–H and O–H groups in total. The molecular weight excluding hydrogens is 580 g/mol. The summed E-state index contributed by atoms with van der Waals surface area (Å²) >= 11 is 1.10. The fraction of sp³-hybridized carbons (Fsp3) is 0.281. The van der Waals surface area contributed by atoms with Gasteiger partial charge in [-0.15, -0.1) is 11.3 Å². The van der Waals surface area contributed by atoms with E-state index in [1.165, 1.54) is 17.0 Å². The van der Waals surface area contributed by atoms with Crippen molar-refractivity contribution in [1.29, 1.82) is 0 Å². The number of carbonyl (C=O) groups excluding carboxylic acids is 2. The fourth-order valence-corrected chi connectivity index (χ4v) is 6.86. The molecule has 0 aliphatic carbocycles. The predicted molar refractivity (Wildman–Crippen MR) is 160 cm³/mol. The topological polar surface area (TPSA) is 65.5 Å². The van der Waals surface area contributed by atoms with Crippen molar-refractivity contribution in [2.75, 3.05) is 28.2 Å². The van der Waals surface area contributed by atoms with Gasteiger partial charge >= 0.3 is 6.18 Å². The van der Waals surface area contributed by atoms with Gasteiger partial charge in [0.15, 0.2) is 0 Å². The molecule has 0 spiro atoms. The van der Waals surface area contributed by atoms with Crippen molar-refractivity contribution >= 4 is 40.3 Å². The fourth-order valence-electron chi connectivity index (χ4n) is 5.72. The number of alkyl halides is 3.